The number of allylic oxidation sites excluding steroid dienone is 3. The van der Waals surface area contributed by atoms with Crippen LogP contribution in [-0.4, -0.2) is 0 Å². The van der Waals surface area contributed by atoms with Crippen LogP contribution < -0.4 is 0 Å². The quantitative estimate of drug-likeness (QED) is 0.402. The number of hydrogen-bond acceptors (Lipinski definition) is 0. The highest BCUT2D eigenvalue weighted by Gasteiger charge is 1.93. The highest BCUT2D eigenvalue weighted by molar-refractivity contribution is 4.87. The summed E-state index contributed by atoms with van der Waals surface area (Å²) in [6.07, 6.45) is 10.8. The summed E-state index contributed by atoms with van der Waals surface area (Å²) in [6.45, 7) is 7.95. The van der Waals surface area contributed by atoms with Gasteiger partial charge < -0.3 is 0 Å². The topological polar surface area (TPSA) is 0 Å². The van der Waals surface area contributed by atoms with Crippen LogP contribution in [-0.2, 0) is 0 Å². The smallest absolute Gasteiger partial charge is 0.0262 e. The molecule has 0 N–H and O–H groups in total. The van der Waals surface area contributed by atoms with Crippen LogP contribution in [0.5, 0.6) is 0 Å². The average Bonchev–Trinajstić information content (AvgIpc) is 1.98. The van der Waals surface area contributed by atoms with Gasteiger partial charge in [-0.2, -0.15) is 0 Å². The van der Waals surface area contributed by atoms with E-state index >= 15 is 0 Å². The monoisotopic (exact) mass is 137 g/mol. The second kappa shape index (κ2) is 6.60. The van der Waals surface area contributed by atoms with E-state index in [2.05, 4.69) is 32.1 Å². The maximum absolute atomic E-state index is 3.72. The molecule has 0 aliphatic carbocycles. The van der Waals surface area contributed by atoms with Crippen LogP contribution in [0.2, 0.25) is 0 Å². The Labute approximate surface area is 64.6 Å². The van der Waals surface area contributed by atoms with E-state index in [0.29, 0.717) is 5.92 Å². The molecule has 0 amide bonds. The van der Waals surface area contributed by atoms with Crippen molar-refractivity contribution in [1.29, 1.82) is 0 Å². The first kappa shape index (κ1) is 9.48. The molecule has 0 saturated carbocycles. The summed E-state index contributed by atoms with van der Waals surface area (Å²) in [6, 6.07) is 0. The fourth-order valence-electron chi connectivity index (χ4n) is 0.688. The van der Waals surface area contributed by atoms with Crippen molar-refractivity contribution in [1.82, 2.24) is 0 Å². The third kappa shape index (κ3) is 5.61. The van der Waals surface area contributed by atoms with E-state index < -0.39 is 0 Å². The van der Waals surface area contributed by atoms with Crippen molar-refractivity contribution in [2.45, 2.75) is 26.7 Å². The maximum atomic E-state index is 3.72. The van der Waals surface area contributed by atoms with E-state index in [4.69, 9.17) is 0 Å². The second-order valence-corrected chi connectivity index (χ2v) is 2.54. The summed E-state index contributed by atoms with van der Waals surface area (Å²) < 4.78 is 0. The summed E-state index contributed by atoms with van der Waals surface area (Å²) in [7, 11) is 0. The van der Waals surface area contributed by atoms with Crippen LogP contribution in [0.15, 0.2) is 24.8 Å². The van der Waals surface area contributed by atoms with Gasteiger partial charge in [0, 0.05) is 0 Å². The van der Waals surface area contributed by atoms with Crippen LogP contribution in [0.3, 0.4) is 0 Å². The number of hydrogen-bond donors (Lipinski definition) is 0. The highest BCUT2D eigenvalue weighted by atomic mass is 14.0. The molecule has 0 aliphatic heterocycles. The summed E-state index contributed by atoms with van der Waals surface area (Å²) in [5, 5.41) is 0. The molecule has 0 saturated heterocycles. The van der Waals surface area contributed by atoms with Gasteiger partial charge in [0.15, 0.2) is 0 Å². The SMILES string of the molecule is C=CC(C)C[CH]CC=CC. The lowest BCUT2D eigenvalue weighted by Gasteiger charge is -2.01. The van der Waals surface area contributed by atoms with Gasteiger partial charge in [-0.25, -0.2) is 0 Å². The molecular formula is C10H17. The molecule has 0 aromatic heterocycles. The molecule has 0 aliphatic rings. The molecule has 0 rings (SSSR count). The molecule has 0 spiro atoms. The first-order valence-electron chi connectivity index (χ1n) is 3.86. The van der Waals surface area contributed by atoms with E-state index in [0.717, 1.165) is 12.8 Å². The molecule has 0 aromatic rings. The van der Waals surface area contributed by atoms with E-state index in [1.807, 2.05) is 13.0 Å². The highest BCUT2D eigenvalue weighted by Crippen LogP contribution is 2.06. The summed E-state index contributed by atoms with van der Waals surface area (Å²) in [5.41, 5.74) is 0. The summed E-state index contributed by atoms with van der Waals surface area (Å²) in [4.78, 5) is 0. The molecule has 0 heteroatoms. The molecule has 1 atom stereocenters. The Morgan fingerprint density at radius 3 is 2.70 bits per heavy atom. The molecule has 0 fully saturated rings. The van der Waals surface area contributed by atoms with Crippen molar-refractivity contribution in [3.8, 4) is 0 Å². The first-order valence-corrected chi connectivity index (χ1v) is 3.86. The molecule has 1 unspecified atom stereocenters. The third-order valence-corrected chi connectivity index (χ3v) is 1.48. The minimum absolute atomic E-state index is 0.630. The predicted molar refractivity (Wildman–Crippen MR) is 47.7 cm³/mol. The van der Waals surface area contributed by atoms with Crippen molar-refractivity contribution in [3.05, 3.63) is 31.2 Å². The minimum atomic E-state index is 0.630. The predicted octanol–water partition coefficient (Wildman–Crippen LogP) is 3.37. The summed E-state index contributed by atoms with van der Waals surface area (Å²) >= 11 is 0. The Bertz CT molecular complexity index is 101. The second-order valence-electron chi connectivity index (χ2n) is 2.54. The van der Waals surface area contributed by atoms with Gasteiger partial charge in [-0.15, -0.1) is 6.58 Å². The minimum Gasteiger partial charge on any atom is -0.103 e. The van der Waals surface area contributed by atoms with E-state index in [1.54, 1.807) is 0 Å². The lowest BCUT2D eigenvalue weighted by molar-refractivity contribution is 0.703. The molecule has 0 bridgehead atoms. The van der Waals surface area contributed by atoms with Gasteiger partial charge in [-0.1, -0.05) is 25.2 Å². The fraction of sp³-hybridized carbons (Fsp3) is 0.500. The first-order chi connectivity index (χ1) is 4.81. The largest absolute Gasteiger partial charge is 0.103 e. The van der Waals surface area contributed by atoms with Crippen LogP contribution in [0.25, 0.3) is 0 Å². The fourth-order valence-corrected chi connectivity index (χ4v) is 0.688. The Morgan fingerprint density at radius 2 is 2.20 bits per heavy atom. The zero-order chi connectivity index (χ0) is 7.82. The van der Waals surface area contributed by atoms with Gasteiger partial charge in [-0.05, 0) is 32.1 Å². The van der Waals surface area contributed by atoms with Gasteiger partial charge in [0.2, 0.25) is 0 Å². The molecule has 0 nitrogen and oxygen atoms in total. The molecule has 1 radical (unpaired) electrons. The zero-order valence-electron chi connectivity index (χ0n) is 7.01. The summed E-state index contributed by atoms with van der Waals surface area (Å²) in [5.74, 6) is 0.630. The number of unbranched alkanes of at least 4 members (excludes halogenated alkanes) is 1. The van der Waals surface area contributed by atoms with Crippen LogP contribution in [0.1, 0.15) is 26.7 Å². The van der Waals surface area contributed by atoms with Crippen LogP contribution in [0.4, 0.5) is 0 Å². The van der Waals surface area contributed by atoms with Gasteiger partial charge in [0.25, 0.3) is 0 Å². The molecule has 0 aromatic carbocycles. The Balaban J connectivity index is 3.11. The number of rotatable bonds is 5. The van der Waals surface area contributed by atoms with Gasteiger partial charge in [-0.3, -0.25) is 0 Å². The average molecular weight is 137 g/mol. The van der Waals surface area contributed by atoms with E-state index in [9.17, 15) is 0 Å². The zero-order valence-corrected chi connectivity index (χ0v) is 7.01. The normalized spacial score (nSPS) is 13.8. The third-order valence-electron chi connectivity index (χ3n) is 1.48. The van der Waals surface area contributed by atoms with Crippen LogP contribution in [0, 0.1) is 12.3 Å². The molecule has 57 valence electrons. The Morgan fingerprint density at radius 1 is 1.50 bits per heavy atom. The van der Waals surface area contributed by atoms with E-state index in [1.165, 1.54) is 0 Å². The van der Waals surface area contributed by atoms with Crippen molar-refractivity contribution >= 4 is 0 Å². The van der Waals surface area contributed by atoms with Crippen molar-refractivity contribution in [3.63, 3.8) is 0 Å². The van der Waals surface area contributed by atoms with Gasteiger partial charge >= 0.3 is 0 Å². The van der Waals surface area contributed by atoms with E-state index in [-0.39, 0.29) is 0 Å². The lowest BCUT2D eigenvalue weighted by atomic mass is 10.0. The molecular weight excluding hydrogens is 120 g/mol. The Kier molecular flexibility index (Phi) is 6.25. The van der Waals surface area contributed by atoms with Gasteiger partial charge in [0.05, 0.1) is 0 Å². The molecule has 10 heavy (non-hydrogen) atoms. The van der Waals surface area contributed by atoms with Crippen molar-refractivity contribution in [2.24, 2.45) is 5.92 Å². The van der Waals surface area contributed by atoms with Gasteiger partial charge in [0.1, 0.15) is 0 Å². The maximum Gasteiger partial charge on any atom is -0.0262 e. The Hall–Kier alpha value is -0.520. The standard InChI is InChI=1S/C10H17/c1-4-6-7-8-9-10(3)5-2/h4-6,8,10H,2,7,9H2,1,3H3. The lowest BCUT2D eigenvalue weighted by Crippen LogP contribution is -1.87. The van der Waals surface area contributed by atoms with Crippen LogP contribution >= 0.6 is 0 Å². The van der Waals surface area contributed by atoms with Crippen molar-refractivity contribution < 1.29 is 0 Å². The van der Waals surface area contributed by atoms with Crippen molar-refractivity contribution in [2.75, 3.05) is 0 Å². The molecule has 0 heterocycles.